The SMILES string of the molecule is Cc1cc(CNC(=O)C(c2ccc(Cl)cc2)N(C)C)no1. The normalized spacial score (nSPS) is 12.4. The number of aromatic nitrogens is 1. The van der Waals surface area contributed by atoms with Gasteiger partial charge in [0.2, 0.25) is 5.91 Å². The van der Waals surface area contributed by atoms with Crippen LogP contribution >= 0.6 is 11.6 Å². The number of hydrogen-bond acceptors (Lipinski definition) is 4. The zero-order valence-electron chi connectivity index (χ0n) is 12.3. The van der Waals surface area contributed by atoms with E-state index >= 15 is 0 Å². The van der Waals surface area contributed by atoms with Crippen molar-refractivity contribution in [1.29, 1.82) is 0 Å². The third-order valence-corrected chi connectivity index (χ3v) is 3.32. The number of amides is 1. The van der Waals surface area contributed by atoms with Gasteiger partial charge in [0.15, 0.2) is 0 Å². The Balaban J connectivity index is 2.07. The van der Waals surface area contributed by atoms with E-state index in [-0.39, 0.29) is 11.9 Å². The molecule has 1 aromatic heterocycles. The summed E-state index contributed by atoms with van der Waals surface area (Å²) in [5.41, 5.74) is 1.59. The lowest BCUT2D eigenvalue weighted by atomic mass is 10.1. The Hall–Kier alpha value is -1.85. The van der Waals surface area contributed by atoms with Gasteiger partial charge < -0.3 is 9.84 Å². The molecular weight excluding hydrogens is 290 g/mol. The molecule has 0 bridgehead atoms. The predicted octanol–water partition coefficient (Wildman–Crippen LogP) is 2.56. The number of hydrogen-bond donors (Lipinski definition) is 1. The van der Waals surface area contributed by atoms with Crippen molar-refractivity contribution >= 4 is 17.5 Å². The van der Waals surface area contributed by atoms with Crippen LogP contribution in [0.25, 0.3) is 0 Å². The lowest BCUT2D eigenvalue weighted by Gasteiger charge is -2.23. The van der Waals surface area contributed by atoms with E-state index in [2.05, 4.69) is 10.5 Å². The van der Waals surface area contributed by atoms with Gasteiger partial charge in [0, 0.05) is 11.1 Å². The maximum Gasteiger partial charge on any atom is 0.242 e. The number of rotatable bonds is 5. The van der Waals surface area contributed by atoms with Crippen LogP contribution in [0.4, 0.5) is 0 Å². The van der Waals surface area contributed by atoms with E-state index in [1.807, 2.05) is 38.1 Å². The largest absolute Gasteiger partial charge is 0.361 e. The average molecular weight is 308 g/mol. The second-order valence-electron chi connectivity index (χ2n) is 5.06. The van der Waals surface area contributed by atoms with E-state index in [0.29, 0.717) is 17.3 Å². The van der Waals surface area contributed by atoms with Crippen LogP contribution in [0.2, 0.25) is 5.02 Å². The molecule has 1 unspecified atom stereocenters. The Labute approximate surface area is 128 Å². The number of nitrogens with one attached hydrogen (secondary N) is 1. The summed E-state index contributed by atoms with van der Waals surface area (Å²) in [5, 5.41) is 7.37. The number of likely N-dealkylation sites (N-methyl/N-ethyl adjacent to an activating group) is 1. The topological polar surface area (TPSA) is 58.4 Å². The monoisotopic (exact) mass is 307 g/mol. The van der Waals surface area contributed by atoms with E-state index < -0.39 is 0 Å². The zero-order valence-corrected chi connectivity index (χ0v) is 13.0. The summed E-state index contributed by atoms with van der Waals surface area (Å²) in [4.78, 5) is 14.3. The maximum atomic E-state index is 12.4. The molecule has 1 aromatic carbocycles. The molecule has 0 aliphatic heterocycles. The molecule has 1 atom stereocenters. The molecule has 1 amide bonds. The fourth-order valence-corrected chi connectivity index (χ4v) is 2.23. The number of halogens is 1. The highest BCUT2D eigenvalue weighted by Crippen LogP contribution is 2.20. The van der Waals surface area contributed by atoms with Crippen LogP contribution < -0.4 is 5.32 Å². The van der Waals surface area contributed by atoms with E-state index in [9.17, 15) is 4.79 Å². The number of aryl methyl sites for hydroxylation is 1. The molecule has 0 radical (unpaired) electrons. The fourth-order valence-electron chi connectivity index (χ4n) is 2.10. The van der Waals surface area contributed by atoms with Gasteiger partial charge in [-0.15, -0.1) is 0 Å². The smallest absolute Gasteiger partial charge is 0.242 e. The van der Waals surface area contributed by atoms with Gasteiger partial charge in [0.25, 0.3) is 0 Å². The molecule has 0 saturated heterocycles. The molecule has 0 saturated carbocycles. The van der Waals surface area contributed by atoms with Crippen molar-refractivity contribution in [3.8, 4) is 0 Å². The van der Waals surface area contributed by atoms with Gasteiger partial charge in [0.05, 0.1) is 6.54 Å². The number of carbonyl (C=O) groups is 1. The first-order valence-corrected chi connectivity index (χ1v) is 6.97. The van der Waals surface area contributed by atoms with Crippen molar-refractivity contribution in [1.82, 2.24) is 15.4 Å². The number of nitrogens with zero attached hydrogens (tertiary/aromatic N) is 2. The van der Waals surface area contributed by atoms with Gasteiger partial charge in [0.1, 0.15) is 17.5 Å². The minimum absolute atomic E-state index is 0.0945. The van der Waals surface area contributed by atoms with Crippen LogP contribution in [0.15, 0.2) is 34.9 Å². The van der Waals surface area contributed by atoms with Gasteiger partial charge >= 0.3 is 0 Å². The number of carbonyl (C=O) groups excluding carboxylic acids is 1. The second-order valence-corrected chi connectivity index (χ2v) is 5.50. The third kappa shape index (κ3) is 4.06. The van der Waals surface area contributed by atoms with Gasteiger partial charge in [-0.2, -0.15) is 0 Å². The Morgan fingerprint density at radius 3 is 2.57 bits per heavy atom. The third-order valence-electron chi connectivity index (χ3n) is 3.07. The van der Waals surface area contributed by atoms with E-state index in [4.69, 9.17) is 16.1 Å². The van der Waals surface area contributed by atoms with E-state index in [1.54, 1.807) is 18.2 Å². The summed E-state index contributed by atoms with van der Waals surface area (Å²) in [6, 6.07) is 8.69. The van der Waals surface area contributed by atoms with Gasteiger partial charge in [-0.05, 0) is 38.7 Å². The van der Waals surface area contributed by atoms with Crippen molar-refractivity contribution in [2.75, 3.05) is 14.1 Å². The van der Waals surface area contributed by atoms with Gasteiger partial charge in [-0.3, -0.25) is 9.69 Å². The quantitative estimate of drug-likeness (QED) is 0.922. The molecule has 1 heterocycles. The highest BCUT2D eigenvalue weighted by Gasteiger charge is 2.22. The highest BCUT2D eigenvalue weighted by atomic mass is 35.5. The summed E-state index contributed by atoms with van der Waals surface area (Å²) in [5.74, 6) is 0.629. The molecule has 0 aliphatic carbocycles. The van der Waals surface area contributed by atoms with Crippen LogP contribution in [0.5, 0.6) is 0 Å². The predicted molar refractivity (Wildman–Crippen MR) is 81.0 cm³/mol. The molecule has 0 fully saturated rings. The van der Waals surface area contributed by atoms with Crippen molar-refractivity contribution in [2.45, 2.75) is 19.5 Å². The molecule has 0 aliphatic rings. The highest BCUT2D eigenvalue weighted by molar-refractivity contribution is 6.30. The van der Waals surface area contributed by atoms with Crippen LogP contribution in [0.1, 0.15) is 23.1 Å². The minimum atomic E-state index is -0.379. The first-order valence-electron chi connectivity index (χ1n) is 6.59. The van der Waals surface area contributed by atoms with Crippen LogP contribution in [-0.2, 0) is 11.3 Å². The van der Waals surface area contributed by atoms with Crippen molar-refractivity contribution in [2.24, 2.45) is 0 Å². The average Bonchev–Trinajstić information content (AvgIpc) is 2.84. The first kappa shape index (κ1) is 15.5. The molecule has 21 heavy (non-hydrogen) atoms. The lowest BCUT2D eigenvalue weighted by molar-refractivity contribution is -0.126. The van der Waals surface area contributed by atoms with Crippen LogP contribution in [0.3, 0.4) is 0 Å². The summed E-state index contributed by atoms with van der Waals surface area (Å²) >= 11 is 5.89. The summed E-state index contributed by atoms with van der Waals surface area (Å²) < 4.78 is 4.98. The summed E-state index contributed by atoms with van der Waals surface area (Å²) in [6.45, 7) is 2.16. The van der Waals surface area contributed by atoms with Crippen LogP contribution in [0, 0.1) is 6.92 Å². The standard InChI is InChI=1S/C15H18ClN3O2/c1-10-8-13(18-21-10)9-17-15(20)14(19(2)3)11-4-6-12(16)7-5-11/h4-8,14H,9H2,1-3H3,(H,17,20). The summed E-state index contributed by atoms with van der Waals surface area (Å²) in [7, 11) is 3.72. The van der Waals surface area contributed by atoms with Gasteiger partial charge in [-0.25, -0.2) is 0 Å². The molecular formula is C15H18ClN3O2. The Bertz CT molecular complexity index is 608. The number of benzene rings is 1. The van der Waals surface area contributed by atoms with Gasteiger partial charge in [-0.1, -0.05) is 28.9 Å². The molecule has 2 aromatic rings. The van der Waals surface area contributed by atoms with Crippen molar-refractivity contribution < 1.29 is 9.32 Å². The van der Waals surface area contributed by atoms with E-state index in [1.165, 1.54) is 0 Å². The van der Waals surface area contributed by atoms with Crippen molar-refractivity contribution in [3.63, 3.8) is 0 Å². The molecule has 2 rings (SSSR count). The Morgan fingerprint density at radius 2 is 2.05 bits per heavy atom. The Kier molecular flexibility index (Phi) is 4.98. The fraction of sp³-hybridized carbons (Fsp3) is 0.333. The van der Waals surface area contributed by atoms with Crippen molar-refractivity contribution in [3.05, 3.63) is 52.4 Å². The zero-order chi connectivity index (χ0) is 15.4. The molecule has 6 heteroatoms. The minimum Gasteiger partial charge on any atom is -0.361 e. The van der Waals surface area contributed by atoms with E-state index in [0.717, 1.165) is 11.3 Å². The second kappa shape index (κ2) is 6.74. The summed E-state index contributed by atoms with van der Waals surface area (Å²) in [6.07, 6.45) is 0. The first-order chi connectivity index (χ1) is 9.97. The molecule has 112 valence electrons. The molecule has 1 N–H and O–H groups in total. The van der Waals surface area contributed by atoms with Crippen LogP contribution in [-0.4, -0.2) is 30.1 Å². The molecule has 5 nitrogen and oxygen atoms in total. The Morgan fingerprint density at radius 1 is 1.38 bits per heavy atom. The lowest BCUT2D eigenvalue weighted by Crippen LogP contribution is -2.36. The molecule has 0 spiro atoms. The maximum absolute atomic E-state index is 12.4.